The second-order valence-corrected chi connectivity index (χ2v) is 6.36. The molecule has 1 heterocycles. The zero-order chi connectivity index (χ0) is 17.8. The first-order chi connectivity index (χ1) is 12.1. The van der Waals surface area contributed by atoms with Crippen molar-refractivity contribution >= 4 is 15.9 Å². The fourth-order valence-electron chi connectivity index (χ4n) is 2.47. The van der Waals surface area contributed by atoms with E-state index in [4.69, 9.17) is 9.47 Å². The van der Waals surface area contributed by atoms with Crippen LogP contribution < -0.4 is 15.0 Å². The van der Waals surface area contributed by atoms with Crippen LogP contribution in [0.5, 0.6) is 11.5 Å². The Balaban J connectivity index is 1.96. The van der Waals surface area contributed by atoms with Crippen LogP contribution in [0.2, 0.25) is 0 Å². The summed E-state index contributed by atoms with van der Waals surface area (Å²) in [5.74, 6) is 1.35. The van der Waals surface area contributed by atoms with Crippen LogP contribution in [-0.2, 0) is 6.54 Å². The highest BCUT2D eigenvalue weighted by Gasteiger charge is 2.07. The van der Waals surface area contributed by atoms with Crippen LogP contribution in [0.15, 0.2) is 63.9 Å². The minimum Gasteiger partial charge on any atom is -0.497 e. The highest BCUT2D eigenvalue weighted by atomic mass is 79.9. The molecule has 0 spiro atoms. The van der Waals surface area contributed by atoms with Crippen LogP contribution >= 0.6 is 15.9 Å². The van der Waals surface area contributed by atoms with Gasteiger partial charge in [-0.05, 0) is 35.9 Å². The first-order valence-electron chi connectivity index (χ1n) is 7.65. The number of nitrogens with zero attached hydrogens (tertiary/aromatic N) is 2. The van der Waals surface area contributed by atoms with Gasteiger partial charge in [0, 0.05) is 22.2 Å². The van der Waals surface area contributed by atoms with E-state index in [1.165, 1.54) is 10.7 Å². The largest absolute Gasteiger partial charge is 0.497 e. The average molecular weight is 401 g/mol. The van der Waals surface area contributed by atoms with E-state index in [0.717, 1.165) is 21.3 Å². The fourth-order valence-corrected chi connectivity index (χ4v) is 2.73. The Bertz CT molecular complexity index is 914. The Morgan fingerprint density at radius 3 is 2.20 bits per heavy atom. The van der Waals surface area contributed by atoms with E-state index in [1.807, 2.05) is 36.4 Å². The summed E-state index contributed by atoms with van der Waals surface area (Å²) in [7, 11) is 3.19. The molecule has 0 radical (unpaired) electrons. The van der Waals surface area contributed by atoms with Gasteiger partial charge in [-0.25, -0.2) is 4.68 Å². The molecule has 25 heavy (non-hydrogen) atoms. The van der Waals surface area contributed by atoms with Gasteiger partial charge in [0.2, 0.25) is 0 Å². The molecule has 0 fully saturated rings. The predicted molar refractivity (Wildman–Crippen MR) is 100 cm³/mol. The Morgan fingerprint density at radius 2 is 1.60 bits per heavy atom. The molecule has 0 saturated carbocycles. The lowest BCUT2D eigenvalue weighted by Gasteiger charge is -2.10. The molecule has 0 bridgehead atoms. The quantitative estimate of drug-likeness (QED) is 0.654. The van der Waals surface area contributed by atoms with Crippen LogP contribution in [0.1, 0.15) is 5.56 Å². The molecule has 2 aromatic carbocycles. The minimum atomic E-state index is -0.164. The van der Waals surface area contributed by atoms with Crippen molar-refractivity contribution in [3.05, 3.63) is 75.0 Å². The lowest BCUT2D eigenvalue weighted by atomic mass is 10.1. The number of hydrogen-bond donors (Lipinski definition) is 0. The first kappa shape index (κ1) is 17.2. The van der Waals surface area contributed by atoms with Crippen LogP contribution in [0, 0.1) is 0 Å². The number of rotatable bonds is 5. The van der Waals surface area contributed by atoms with Crippen molar-refractivity contribution in [2.24, 2.45) is 0 Å². The van der Waals surface area contributed by atoms with Gasteiger partial charge in [-0.3, -0.25) is 4.79 Å². The van der Waals surface area contributed by atoms with Crippen molar-refractivity contribution in [2.45, 2.75) is 6.54 Å². The standard InChI is InChI=1S/C19H17BrN2O3/c1-24-16-9-13(10-17(11-16)25-2)12-22-19(23)8-7-18(21-22)14-3-5-15(20)6-4-14/h3-11H,12H2,1-2H3. The fraction of sp³-hybridized carbons (Fsp3) is 0.158. The molecule has 0 aliphatic rings. The molecule has 3 rings (SSSR count). The minimum absolute atomic E-state index is 0.164. The second-order valence-electron chi connectivity index (χ2n) is 5.44. The monoisotopic (exact) mass is 400 g/mol. The summed E-state index contributed by atoms with van der Waals surface area (Å²) >= 11 is 3.42. The summed E-state index contributed by atoms with van der Waals surface area (Å²) < 4.78 is 13.0. The van der Waals surface area contributed by atoms with Gasteiger partial charge in [-0.15, -0.1) is 0 Å². The first-order valence-corrected chi connectivity index (χ1v) is 8.44. The van der Waals surface area contributed by atoms with Crippen LogP contribution in [0.25, 0.3) is 11.3 Å². The number of aromatic nitrogens is 2. The maximum absolute atomic E-state index is 12.2. The van der Waals surface area contributed by atoms with Crippen molar-refractivity contribution in [1.29, 1.82) is 0 Å². The number of halogens is 1. The summed E-state index contributed by atoms with van der Waals surface area (Å²) in [4.78, 5) is 12.2. The third kappa shape index (κ3) is 4.09. The van der Waals surface area contributed by atoms with E-state index in [0.29, 0.717) is 18.0 Å². The number of methoxy groups -OCH3 is 2. The van der Waals surface area contributed by atoms with Crippen molar-refractivity contribution in [1.82, 2.24) is 9.78 Å². The summed E-state index contributed by atoms with van der Waals surface area (Å²) in [6.45, 7) is 0.330. The Labute approximate surface area is 154 Å². The second kappa shape index (κ2) is 7.53. The molecule has 0 amide bonds. The third-order valence-corrected chi connectivity index (χ3v) is 4.28. The summed E-state index contributed by atoms with van der Waals surface area (Å²) in [5, 5.41) is 4.49. The van der Waals surface area contributed by atoms with Gasteiger partial charge >= 0.3 is 0 Å². The molecule has 0 unspecified atom stereocenters. The molecule has 128 valence electrons. The summed E-state index contributed by atoms with van der Waals surface area (Å²) in [6, 6.07) is 16.6. The molecular weight excluding hydrogens is 384 g/mol. The zero-order valence-corrected chi connectivity index (χ0v) is 15.5. The van der Waals surface area contributed by atoms with E-state index in [-0.39, 0.29) is 5.56 Å². The third-order valence-electron chi connectivity index (χ3n) is 3.75. The van der Waals surface area contributed by atoms with Gasteiger partial charge in [0.1, 0.15) is 11.5 Å². The molecular formula is C19H17BrN2O3. The Kier molecular flexibility index (Phi) is 5.19. The average Bonchev–Trinajstić information content (AvgIpc) is 2.64. The summed E-state index contributed by atoms with van der Waals surface area (Å²) in [6.07, 6.45) is 0. The number of hydrogen-bond acceptors (Lipinski definition) is 4. The van der Waals surface area contributed by atoms with E-state index < -0.39 is 0 Å². The van der Waals surface area contributed by atoms with Crippen molar-refractivity contribution in [3.63, 3.8) is 0 Å². The topological polar surface area (TPSA) is 53.4 Å². The maximum atomic E-state index is 12.2. The van der Waals surface area contributed by atoms with E-state index in [9.17, 15) is 4.79 Å². The Morgan fingerprint density at radius 1 is 0.960 bits per heavy atom. The summed E-state index contributed by atoms with van der Waals surface area (Å²) in [5.41, 5.74) is 2.39. The predicted octanol–water partition coefficient (Wildman–Crippen LogP) is 3.74. The highest BCUT2D eigenvalue weighted by molar-refractivity contribution is 9.10. The zero-order valence-electron chi connectivity index (χ0n) is 13.9. The van der Waals surface area contributed by atoms with Gasteiger partial charge in [-0.1, -0.05) is 28.1 Å². The maximum Gasteiger partial charge on any atom is 0.267 e. The molecule has 0 N–H and O–H groups in total. The van der Waals surface area contributed by atoms with Gasteiger partial charge in [0.05, 0.1) is 26.5 Å². The van der Waals surface area contributed by atoms with Crippen LogP contribution in [0.4, 0.5) is 0 Å². The lowest BCUT2D eigenvalue weighted by Crippen LogP contribution is -2.22. The molecule has 0 aliphatic heterocycles. The van der Waals surface area contributed by atoms with Gasteiger partial charge in [0.15, 0.2) is 0 Å². The normalized spacial score (nSPS) is 10.5. The van der Waals surface area contributed by atoms with Gasteiger partial charge in [0.25, 0.3) is 5.56 Å². The van der Waals surface area contributed by atoms with Crippen molar-refractivity contribution < 1.29 is 9.47 Å². The van der Waals surface area contributed by atoms with Gasteiger partial charge in [-0.2, -0.15) is 5.10 Å². The molecule has 0 saturated heterocycles. The molecule has 0 aliphatic carbocycles. The Hall–Kier alpha value is -2.60. The van der Waals surface area contributed by atoms with E-state index in [2.05, 4.69) is 21.0 Å². The van der Waals surface area contributed by atoms with E-state index in [1.54, 1.807) is 26.4 Å². The highest BCUT2D eigenvalue weighted by Crippen LogP contribution is 2.23. The molecule has 5 nitrogen and oxygen atoms in total. The van der Waals surface area contributed by atoms with Crippen LogP contribution in [0.3, 0.4) is 0 Å². The van der Waals surface area contributed by atoms with Crippen molar-refractivity contribution in [3.8, 4) is 22.8 Å². The lowest BCUT2D eigenvalue weighted by molar-refractivity contribution is 0.393. The number of ether oxygens (including phenoxy) is 2. The van der Waals surface area contributed by atoms with Gasteiger partial charge < -0.3 is 9.47 Å². The van der Waals surface area contributed by atoms with E-state index >= 15 is 0 Å². The van der Waals surface area contributed by atoms with Crippen LogP contribution in [-0.4, -0.2) is 24.0 Å². The SMILES string of the molecule is COc1cc(Cn2nc(-c3ccc(Br)cc3)ccc2=O)cc(OC)c1. The number of benzene rings is 2. The van der Waals surface area contributed by atoms with Crippen molar-refractivity contribution in [2.75, 3.05) is 14.2 Å². The molecule has 3 aromatic rings. The molecule has 6 heteroatoms. The smallest absolute Gasteiger partial charge is 0.267 e. The molecule has 1 aromatic heterocycles. The molecule has 0 atom stereocenters.